The fourth-order valence-corrected chi connectivity index (χ4v) is 3.02. The van der Waals surface area contributed by atoms with Gasteiger partial charge in [0.15, 0.2) is 0 Å². The molecule has 28 heavy (non-hydrogen) atoms. The summed E-state index contributed by atoms with van der Waals surface area (Å²) in [5.41, 5.74) is 4.22. The second kappa shape index (κ2) is 12.4. The highest BCUT2D eigenvalue weighted by Crippen LogP contribution is 2.21. The van der Waals surface area contributed by atoms with Crippen LogP contribution >= 0.6 is 0 Å². The minimum Gasteiger partial charge on any atom is -0.457 e. The Morgan fingerprint density at radius 1 is 0.857 bits per heavy atom. The molecule has 0 fully saturated rings. The maximum absolute atomic E-state index is 12.3. The van der Waals surface area contributed by atoms with Crippen LogP contribution < -0.4 is 0 Å². The van der Waals surface area contributed by atoms with Crippen molar-refractivity contribution in [2.75, 3.05) is 13.2 Å². The molecule has 0 aromatic heterocycles. The van der Waals surface area contributed by atoms with Crippen molar-refractivity contribution in [3.05, 3.63) is 59.7 Å². The summed E-state index contributed by atoms with van der Waals surface area (Å²) >= 11 is 0. The van der Waals surface area contributed by atoms with Crippen LogP contribution in [0.5, 0.6) is 0 Å². The van der Waals surface area contributed by atoms with Crippen LogP contribution in [0.3, 0.4) is 0 Å². The molecule has 2 rings (SSSR count). The first kappa shape index (κ1) is 22.2. The van der Waals surface area contributed by atoms with Crippen molar-refractivity contribution in [2.45, 2.75) is 65.4 Å². The molecular formula is C25H34O3. The van der Waals surface area contributed by atoms with E-state index in [1.54, 1.807) is 0 Å². The highest BCUT2D eigenvalue weighted by Gasteiger charge is 2.12. The summed E-state index contributed by atoms with van der Waals surface area (Å²) in [5, 5.41) is 0. The van der Waals surface area contributed by atoms with Crippen molar-refractivity contribution in [3.8, 4) is 11.1 Å². The zero-order valence-corrected chi connectivity index (χ0v) is 17.6. The lowest BCUT2D eigenvalue weighted by atomic mass is 10.0. The van der Waals surface area contributed by atoms with E-state index < -0.39 is 0 Å². The fourth-order valence-electron chi connectivity index (χ4n) is 3.02. The topological polar surface area (TPSA) is 35.5 Å². The molecule has 0 bridgehead atoms. The van der Waals surface area contributed by atoms with E-state index in [0.717, 1.165) is 30.4 Å². The lowest BCUT2D eigenvalue weighted by Crippen LogP contribution is -2.20. The Kier molecular flexibility index (Phi) is 9.78. The molecule has 0 aliphatic carbocycles. The van der Waals surface area contributed by atoms with Gasteiger partial charge in [-0.2, -0.15) is 0 Å². The molecule has 2 aromatic carbocycles. The van der Waals surface area contributed by atoms with Crippen LogP contribution in [0.1, 0.15) is 68.8 Å². The number of esters is 1. The van der Waals surface area contributed by atoms with E-state index in [1.807, 2.05) is 31.2 Å². The van der Waals surface area contributed by atoms with Crippen LogP contribution in [-0.4, -0.2) is 25.3 Å². The first-order valence-electron chi connectivity index (χ1n) is 10.6. The Morgan fingerprint density at radius 2 is 1.46 bits per heavy atom. The SMILES string of the molecule is CCCCCc1ccc(-c2ccc(C(=O)OC(C)COCCCC)cc2)cc1. The second-order valence-electron chi connectivity index (χ2n) is 7.38. The largest absolute Gasteiger partial charge is 0.457 e. The zero-order valence-electron chi connectivity index (χ0n) is 17.6. The normalized spacial score (nSPS) is 12.0. The highest BCUT2D eigenvalue weighted by atomic mass is 16.6. The molecule has 1 atom stereocenters. The predicted molar refractivity (Wildman–Crippen MR) is 116 cm³/mol. The summed E-state index contributed by atoms with van der Waals surface area (Å²) < 4.78 is 11.0. The van der Waals surface area contributed by atoms with Gasteiger partial charge in [-0.05, 0) is 55.0 Å². The lowest BCUT2D eigenvalue weighted by Gasteiger charge is -2.14. The zero-order chi connectivity index (χ0) is 20.2. The van der Waals surface area contributed by atoms with Crippen molar-refractivity contribution >= 4 is 5.97 Å². The molecular weight excluding hydrogens is 348 g/mol. The molecule has 0 aliphatic heterocycles. The number of rotatable bonds is 12. The van der Waals surface area contributed by atoms with Gasteiger partial charge in [-0.1, -0.05) is 69.5 Å². The molecule has 0 aliphatic rings. The number of benzene rings is 2. The standard InChI is InChI=1S/C25H34O3/c1-4-6-8-9-21-10-12-22(13-11-21)23-14-16-24(17-15-23)25(26)28-20(3)19-27-18-7-5-2/h10-17,20H,4-9,18-19H2,1-3H3. The number of hydrogen-bond donors (Lipinski definition) is 0. The van der Waals surface area contributed by atoms with Crippen molar-refractivity contribution in [1.29, 1.82) is 0 Å². The molecule has 0 N–H and O–H groups in total. The first-order valence-corrected chi connectivity index (χ1v) is 10.6. The van der Waals surface area contributed by atoms with Gasteiger partial charge in [-0.25, -0.2) is 4.79 Å². The predicted octanol–water partition coefficient (Wildman–Crippen LogP) is 6.45. The molecule has 152 valence electrons. The fraction of sp³-hybridized carbons (Fsp3) is 0.480. The quantitative estimate of drug-likeness (QED) is 0.313. The Bertz CT molecular complexity index is 689. The van der Waals surface area contributed by atoms with E-state index in [0.29, 0.717) is 18.8 Å². The van der Waals surface area contributed by atoms with Crippen molar-refractivity contribution in [2.24, 2.45) is 0 Å². The van der Waals surface area contributed by atoms with Gasteiger partial charge in [0.1, 0.15) is 6.10 Å². The minimum absolute atomic E-state index is 0.246. The highest BCUT2D eigenvalue weighted by molar-refractivity contribution is 5.90. The lowest BCUT2D eigenvalue weighted by molar-refractivity contribution is 0.00169. The third kappa shape index (κ3) is 7.47. The van der Waals surface area contributed by atoms with Crippen LogP contribution in [-0.2, 0) is 15.9 Å². The van der Waals surface area contributed by atoms with Gasteiger partial charge in [0, 0.05) is 6.61 Å². The number of carbonyl (C=O) groups is 1. The maximum atomic E-state index is 12.3. The van der Waals surface area contributed by atoms with E-state index in [2.05, 4.69) is 38.1 Å². The van der Waals surface area contributed by atoms with E-state index in [1.165, 1.54) is 24.8 Å². The Morgan fingerprint density at radius 3 is 2.07 bits per heavy atom. The van der Waals surface area contributed by atoms with Gasteiger partial charge in [0.2, 0.25) is 0 Å². The van der Waals surface area contributed by atoms with Crippen molar-refractivity contribution in [3.63, 3.8) is 0 Å². The van der Waals surface area contributed by atoms with Gasteiger partial charge in [-0.15, -0.1) is 0 Å². The summed E-state index contributed by atoms with van der Waals surface area (Å²) in [5.74, 6) is -0.301. The number of hydrogen-bond acceptors (Lipinski definition) is 3. The molecule has 0 radical (unpaired) electrons. The molecule has 0 amide bonds. The van der Waals surface area contributed by atoms with E-state index in [4.69, 9.17) is 9.47 Å². The average molecular weight is 383 g/mol. The van der Waals surface area contributed by atoms with Gasteiger partial charge >= 0.3 is 5.97 Å². The third-order valence-electron chi connectivity index (χ3n) is 4.78. The smallest absolute Gasteiger partial charge is 0.338 e. The van der Waals surface area contributed by atoms with Gasteiger partial charge in [-0.3, -0.25) is 0 Å². The van der Waals surface area contributed by atoms with Gasteiger partial charge < -0.3 is 9.47 Å². The summed E-state index contributed by atoms with van der Waals surface area (Å²) in [7, 11) is 0. The van der Waals surface area contributed by atoms with E-state index in [9.17, 15) is 4.79 Å². The molecule has 0 heterocycles. The van der Waals surface area contributed by atoms with Crippen LogP contribution in [0.4, 0.5) is 0 Å². The molecule has 3 nitrogen and oxygen atoms in total. The van der Waals surface area contributed by atoms with Crippen LogP contribution in [0.25, 0.3) is 11.1 Å². The van der Waals surface area contributed by atoms with Crippen molar-refractivity contribution in [1.82, 2.24) is 0 Å². The minimum atomic E-state index is -0.301. The van der Waals surface area contributed by atoms with Crippen LogP contribution in [0, 0.1) is 0 Å². The monoisotopic (exact) mass is 382 g/mol. The molecule has 1 unspecified atom stereocenters. The van der Waals surface area contributed by atoms with Crippen LogP contribution in [0.2, 0.25) is 0 Å². The van der Waals surface area contributed by atoms with E-state index >= 15 is 0 Å². The molecule has 0 saturated carbocycles. The summed E-state index contributed by atoms with van der Waals surface area (Å²) in [4.78, 5) is 12.3. The van der Waals surface area contributed by atoms with Crippen molar-refractivity contribution < 1.29 is 14.3 Å². The average Bonchev–Trinajstić information content (AvgIpc) is 2.72. The number of carbonyl (C=O) groups excluding carboxylic acids is 1. The number of aryl methyl sites for hydroxylation is 1. The third-order valence-corrected chi connectivity index (χ3v) is 4.78. The summed E-state index contributed by atoms with van der Waals surface area (Å²) in [6.45, 7) is 7.36. The Hall–Kier alpha value is -2.13. The first-order chi connectivity index (χ1) is 13.6. The molecule has 0 saturated heterocycles. The van der Waals surface area contributed by atoms with Crippen LogP contribution in [0.15, 0.2) is 48.5 Å². The Labute approximate surface area is 170 Å². The maximum Gasteiger partial charge on any atom is 0.338 e. The van der Waals surface area contributed by atoms with Gasteiger partial charge in [0.05, 0.1) is 12.2 Å². The molecule has 3 heteroatoms. The summed E-state index contributed by atoms with van der Waals surface area (Å²) in [6, 6.07) is 16.3. The molecule has 0 spiro atoms. The summed E-state index contributed by atoms with van der Waals surface area (Å²) in [6.07, 6.45) is 6.79. The second-order valence-corrected chi connectivity index (χ2v) is 7.38. The number of ether oxygens (including phenoxy) is 2. The number of unbranched alkanes of at least 4 members (excludes halogenated alkanes) is 3. The Balaban J connectivity index is 1.87. The molecule has 2 aromatic rings. The van der Waals surface area contributed by atoms with E-state index in [-0.39, 0.29) is 12.1 Å². The van der Waals surface area contributed by atoms with Gasteiger partial charge in [0.25, 0.3) is 0 Å².